The lowest BCUT2D eigenvalue weighted by Gasteiger charge is -2.10. The number of carbonyl (C=O) groups excluding carboxylic acids is 1. The van der Waals surface area contributed by atoms with Crippen molar-refractivity contribution in [1.29, 1.82) is 0 Å². The summed E-state index contributed by atoms with van der Waals surface area (Å²) in [6.07, 6.45) is 0. The summed E-state index contributed by atoms with van der Waals surface area (Å²) < 4.78 is 12.6. The molecular formula is C17H15BrN2O4. The molecule has 0 spiro atoms. The fraction of sp³-hybridized carbons (Fsp3) is 0.176. The number of amides is 1. The number of carbonyl (C=O) groups is 1. The lowest BCUT2D eigenvalue weighted by Crippen LogP contribution is -2.30. The molecular weight excluding hydrogens is 376 g/mol. The molecule has 0 aliphatic heterocycles. The van der Waals surface area contributed by atoms with Gasteiger partial charge in [-0.3, -0.25) is 9.36 Å². The predicted octanol–water partition coefficient (Wildman–Crippen LogP) is 2.68. The SMILES string of the molecule is COc1ccc(Br)cc1CNC(=O)Cn1c(=O)oc2ccccc21. The molecule has 0 bridgehead atoms. The highest BCUT2D eigenvalue weighted by Crippen LogP contribution is 2.22. The Morgan fingerprint density at radius 1 is 1.29 bits per heavy atom. The van der Waals surface area contributed by atoms with Crippen molar-refractivity contribution < 1.29 is 13.9 Å². The Kier molecular flexibility index (Phi) is 4.71. The van der Waals surface area contributed by atoms with E-state index in [0.717, 1.165) is 10.0 Å². The monoisotopic (exact) mass is 390 g/mol. The Bertz CT molecular complexity index is 945. The lowest BCUT2D eigenvalue weighted by molar-refractivity contribution is -0.121. The van der Waals surface area contributed by atoms with Crippen LogP contribution >= 0.6 is 15.9 Å². The van der Waals surface area contributed by atoms with Crippen molar-refractivity contribution in [1.82, 2.24) is 9.88 Å². The van der Waals surface area contributed by atoms with E-state index < -0.39 is 5.76 Å². The molecule has 7 heteroatoms. The van der Waals surface area contributed by atoms with Gasteiger partial charge >= 0.3 is 5.76 Å². The van der Waals surface area contributed by atoms with Crippen molar-refractivity contribution in [2.24, 2.45) is 0 Å². The molecule has 0 radical (unpaired) electrons. The summed E-state index contributed by atoms with van der Waals surface area (Å²) in [6.45, 7) is 0.193. The lowest BCUT2D eigenvalue weighted by atomic mass is 10.2. The van der Waals surface area contributed by atoms with Gasteiger partial charge in [0.1, 0.15) is 12.3 Å². The quantitative estimate of drug-likeness (QED) is 0.726. The molecule has 0 atom stereocenters. The molecule has 0 saturated heterocycles. The molecule has 0 saturated carbocycles. The topological polar surface area (TPSA) is 73.5 Å². The Labute approximate surface area is 146 Å². The van der Waals surface area contributed by atoms with Crippen molar-refractivity contribution in [2.75, 3.05) is 7.11 Å². The normalized spacial score (nSPS) is 10.8. The van der Waals surface area contributed by atoms with Crippen LogP contribution in [0, 0.1) is 0 Å². The highest BCUT2D eigenvalue weighted by molar-refractivity contribution is 9.10. The molecule has 0 unspecified atom stereocenters. The number of methoxy groups -OCH3 is 1. The summed E-state index contributed by atoms with van der Waals surface area (Å²) in [7, 11) is 1.58. The van der Waals surface area contributed by atoms with Gasteiger partial charge in [-0.1, -0.05) is 28.1 Å². The fourth-order valence-corrected chi connectivity index (χ4v) is 2.85. The summed E-state index contributed by atoms with van der Waals surface area (Å²) in [6, 6.07) is 12.6. The standard InChI is InChI=1S/C17H15BrN2O4/c1-23-14-7-6-12(18)8-11(14)9-19-16(21)10-20-13-4-2-3-5-15(13)24-17(20)22/h2-8H,9-10H2,1H3,(H,19,21). The van der Waals surface area contributed by atoms with E-state index in [1.54, 1.807) is 31.4 Å². The minimum Gasteiger partial charge on any atom is -0.496 e. The zero-order chi connectivity index (χ0) is 17.1. The predicted molar refractivity (Wildman–Crippen MR) is 93.0 cm³/mol. The van der Waals surface area contributed by atoms with Crippen LogP contribution in [0.25, 0.3) is 11.1 Å². The number of nitrogens with zero attached hydrogens (tertiary/aromatic N) is 1. The molecule has 6 nitrogen and oxygen atoms in total. The summed E-state index contributed by atoms with van der Waals surface area (Å²) in [5.41, 5.74) is 1.89. The Hall–Kier alpha value is -2.54. The summed E-state index contributed by atoms with van der Waals surface area (Å²) in [4.78, 5) is 24.1. The van der Waals surface area contributed by atoms with Gasteiger partial charge in [0.2, 0.25) is 5.91 Å². The summed E-state index contributed by atoms with van der Waals surface area (Å²) >= 11 is 3.39. The van der Waals surface area contributed by atoms with Crippen LogP contribution in [-0.2, 0) is 17.9 Å². The number of aromatic nitrogens is 1. The highest BCUT2D eigenvalue weighted by Gasteiger charge is 2.13. The zero-order valence-electron chi connectivity index (χ0n) is 12.9. The number of ether oxygens (including phenoxy) is 1. The van der Waals surface area contributed by atoms with Crippen LogP contribution in [0.5, 0.6) is 5.75 Å². The second-order valence-corrected chi connectivity index (χ2v) is 6.07. The van der Waals surface area contributed by atoms with Crippen LogP contribution in [0.4, 0.5) is 0 Å². The molecule has 1 amide bonds. The molecule has 24 heavy (non-hydrogen) atoms. The molecule has 0 aliphatic rings. The number of nitrogens with one attached hydrogen (secondary N) is 1. The minimum atomic E-state index is -0.550. The van der Waals surface area contributed by atoms with Gasteiger partial charge in [-0.05, 0) is 30.3 Å². The van der Waals surface area contributed by atoms with Gasteiger partial charge in [0, 0.05) is 16.6 Å². The molecule has 3 aromatic rings. The maximum Gasteiger partial charge on any atom is 0.420 e. The van der Waals surface area contributed by atoms with Gasteiger partial charge in [-0.25, -0.2) is 4.79 Å². The third kappa shape index (κ3) is 3.35. The van der Waals surface area contributed by atoms with E-state index in [1.165, 1.54) is 4.57 Å². The molecule has 124 valence electrons. The van der Waals surface area contributed by atoms with Crippen molar-refractivity contribution in [2.45, 2.75) is 13.1 Å². The number of rotatable bonds is 5. The maximum atomic E-state index is 12.2. The third-order valence-electron chi connectivity index (χ3n) is 3.59. The first-order valence-electron chi connectivity index (χ1n) is 7.26. The molecule has 0 fully saturated rings. The van der Waals surface area contributed by atoms with Crippen LogP contribution in [0.15, 0.2) is 56.1 Å². The number of oxazole rings is 1. The van der Waals surface area contributed by atoms with Crippen LogP contribution in [-0.4, -0.2) is 17.6 Å². The number of benzene rings is 2. The molecule has 1 heterocycles. The first-order valence-corrected chi connectivity index (χ1v) is 8.05. The first kappa shape index (κ1) is 16.3. The first-order chi connectivity index (χ1) is 11.6. The molecule has 1 N–H and O–H groups in total. The van der Waals surface area contributed by atoms with E-state index in [9.17, 15) is 9.59 Å². The van der Waals surface area contributed by atoms with Crippen molar-refractivity contribution >= 4 is 32.9 Å². The van der Waals surface area contributed by atoms with E-state index in [0.29, 0.717) is 23.4 Å². The summed E-state index contributed by atoms with van der Waals surface area (Å²) in [5, 5.41) is 2.79. The second-order valence-electron chi connectivity index (χ2n) is 5.15. The number of hydrogen-bond donors (Lipinski definition) is 1. The number of fused-ring (bicyclic) bond motifs is 1. The zero-order valence-corrected chi connectivity index (χ0v) is 14.5. The number of hydrogen-bond acceptors (Lipinski definition) is 4. The van der Waals surface area contributed by atoms with Gasteiger partial charge < -0.3 is 14.5 Å². The van der Waals surface area contributed by atoms with Crippen molar-refractivity contribution in [3.05, 3.63) is 63.1 Å². The fourth-order valence-electron chi connectivity index (χ4n) is 2.44. The van der Waals surface area contributed by atoms with E-state index in [1.807, 2.05) is 18.2 Å². The van der Waals surface area contributed by atoms with Crippen LogP contribution < -0.4 is 15.8 Å². The Morgan fingerprint density at radius 3 is 2.88 bits per heavy atom. The number of para-hydroxylation sites is 2. The van der Waals surface area contributed by atoms with Crippen LogP contribution in [0.2, 0.25) is 0 Å². The third-order valence-corrected chi connectivity index (χ3v) is 4.09. The van der Waals surface area contributed by atoms with Gasteiger partial charge in [0.05, 0.1) is 12.6 Å². The highest BCUT2D eigenvalue weighted by atomic mass is 79.9. The van der Waals surface area contributed by atoms with E-state index >= 15 is 0 Å². The summed E-state index contributed by atoms with van der Waals surface area (Å²) in [5.74, 6) is -0.151. The van der Waals surface area contributed by atoms with Gasteiger partial charge in [-0.2, -0.15) is 0 Å². The smallest absolute Gasteiger partial charge is 0.420 e. The average Bonchev–Trinajstić information content (AvgIpc) is 2.89. The van der Waals surface area contributed by atoms with Crippen LogP contribution in [0.1, 0.15) is 5.56 Å². The van der Waals surface area contributed by atoms with Gasteiger partial charge in [0.15, 0.2) is 5.58 Å². The van der Waals surface area contributed by atoms with E-state index in [4.69, 9.17) is 9.15 Å². The van der Waals surface area contributed by atoms with Crippen LogP contribution in [0.3, 0.4) is 0 Å². The minimum absolute atomic E-state index is 0.105. The van der Waals surface area contributed by atoms with Crippen molar-refractivity contribution in [3.8, 4) is 5.75 Å². The molecule has 3 rings (SSSR count). The van der Waals surface area contributed by atoms with Gasteiger partial charge in [-0.15, -0.1) is 0 Å². The Balaban J connectivity index is 1.73. The Morgan fingerprint density at radius 2 is 2.08 bits per heavy atom. The number of halogens is 1. The van der Waals surface area contributed by atoms with Gasteiger partial charge in [0.25, 0.3) is 0 Å². The molecule has 2 aromatic carbocycles. The second kappa shape index (κ2) is 6.92. The largest absolute Gasteiger partial charge is 0.496 e. The molecule has 1 aromatic heterocycles. The van der Waals surface area contributed by atoms with E-state index in [2.05, 4.69) is 21.2 Å². The van der Waals surface area contributed by atoms with E-state index in [-0.39, 0.29) is 12.5 Å². The molecule has 0 aliphatic carbocycles. The van der Waals surface area contributed by atoms with Crippen molar-refractivity contribution in [3.63, 3.8) is 0 Å². The average molecular weight is 391 g/mol. The maximum absolute atomic E-state index is 12.2.